The van der Waals surface area contributed by atoms with Gasteiger partial charge in [0, 0.05) is 37.0 Å². The highest BCUT2D eigenvalue weighted by atomic mass is 35.5. The average molecular weight is 777 g/mol. The maximum Gasteiger partial charge on any atom is 0.410 e. The van der Waals surface area contributed by atoms with Crippen LogP contribution in [0.3, 0.4) is 0 Å². The molecule has 3 fully saturated rings. The average Bonchev–Trinajstić information content (AvgIpc) is 3.55. The standard InChI is InChI=1S/C36H49ClN6O9S/c1-35(2,3)52-33(47)38-28-15-8-6-4-5-7-13-24-19-36(24,32(46)40-53(49,50)42-16-9-10-17-42)39-30(44)29-18-25(21-43(29)31(28)45)51-34(48)41-20-23-12-11-14-27(37)26(23)22-41/h7,11-14,24-25,28-29H,4-6,8-10,15-22H2,1-3H3,(H,38,47)(H,39,44)(H,40,46)/b13-7-/t24-,25-,28+,29+,36-/m1/s1. The van der Waals surface area contributed by atoms with Gasteiger partial charge < -0.3 is 25.0 Å². The normalized spacial score (nSPS) is 28.8. The zero-order chi connectivity index (χ0) is 38.1. The van der Waals surface area contributed by atoms with Crippen molar-refractivity contribution >= 4 is 51.7 Å². The van der Waals surface area contributed by atoms with Crippen molar-refractivity contribution in [1.82, 2.24) is 29.5 Å². The number of allylic oxidation sites excluding steroid dienone is 1. The Hall–Kier alpha value is -3.89. The fourth-order valence-corrected chi connectivity index (χ4v) is 9.08. The van der Waals surface area contributed by atoms with Gasteiger partial charge in [-0.05, 0) is 76.5 Å². The summed E-state index contributed by atoms with van der Waals surface area (Å²) in [5, 5.41) is 6.05. The molecule has 0 aromatic heterocycles. The van der Waals surface area contributed by atoms with E-state index in [4.69, 9.17) is 21.1 Å². The molecule has 1 saturated carbocycles. The number of ether oxygens (including phenoxy) is 2. The van der Waals surface area contributed by atoms with E-state index in [-0.39, 0.29) is 38.9 Å². The molecule has 1 aliphatic carbocycles. The minimum absolute atomic E-state index is 0.0890. The molecule has 3 N–H and O–H groups in total. The third kappa shape index (κ3) is 8.92. The maximum atomic E-state index is 14.4. The lowest BCUT2D eigenvalue weighted by Gasteiger charge is -2.30. The third-order valence-corrected chi connectivity index (χ3v) is 12.3. The van der Waals surface area contributed by atoms with Gasteiger partial charge in [-0.2, -0.15) is 12.7 Å². The molecule has 4 aliphatic heterocycles. The van der Waals surface area contributed by atoms with Crippen molar-refractivity contribution in [3.05, 3.63) is 46.5 Å². The first-order chi connectivity index (χ1) is 25.1. The minimum Gasteiger partial charge on any atom is -0.444 e. The summed E-state index contributed by atoms with van der Waals surface area (Å²) in [6.45, 7) is 6.07. The second-order valence-corrected chi connectivity index (χ2v) is 17.6. The molecule has 1 aromatic rings. The molecule has 2 saturated heterocycles. The van der Waals surface area contributed by atoms with Crippen LogP contribution in [0.25, 0.3) is 0 Å². The van der Waals surface area contributed by atoms with E-state index in [0.29, 0.717) is 43.8 Å². The van der Waals surface area contributed by atoms with Gasteiger partial charge in [0.25, 0.3) is 5.91 Å². The van der Waals surface area contributed by atoms with Crippen LogP contribution in [0.2, 0.25) is 5.02 Å². The van der Waals surface area contributed by atoms with Crippen LogP contribution in [0.5, 0.6) is 0 Å². The molecule has 15 nitrogen and oxygen atoms in total. The Morgan fingerprint density at radius 2 is 1.79 bits per heavy atom. The summed E-state index contributed by atoms with van der Waals surface area (Å²) < 4.78 is 41.0. The number of carbonyl (C=O) groups is 5. The van der Waals surface area contributed by atoms with E-state index in [1.165, 1.54) is 14.1 Å². The number of amides is 5. The quantitative estimate of drug-likeness (QED) is 0.377. The van der Waals surface area contributed by atoms with Crippen LogP contribution in [0.15, 0.2) is 30.4 Å². The predicted octanol–water partition coefficient (Wildman–Crippen LogP) is 3.51. The van der Waals surface area contributed by atoms with Crippen LogP contribution in [0.4, 0.5) is 9.59 Å². The molecule has 4 heterocycles. The van der Waals surface area contributed by atoms with Crippen LogP contribution in [-0.4, -0.2) is 101 Å². The first-order valence-electron chi connectivity index (χ1n) is 18.4. The number of hydrogen-bond acceptors (Lipinski definition) is 9. The summed E-state index contributed by atoms with van der Waals surface area (Å²) in [7, 11) is -4.14. The highest BCUT2D eigenvalue weighted by molar-refractivity contribution is 7.87. The molecule has 5 aliphatic rings. The van der Waals surface area contributed by atoms with Gasteiger partial charge in [0.05, 0.1) is 13.1 Å². The maximum absolute atomic E-state index is 14.4. The van der Waals surface area contributed by atoms with Crippen molar-refractivity contribution in [2.75, 3.05) is 19.6 Å². The molecule has 5 amide bonds. The number of carbonyl (C=O) groups excluding carboxylic acids is 5. The van der Waals surface area contributed by atoms with Crippen LogP contribution in [0, 0.1) is 5.92 Å². The smallest absolute Gasteiger partial charge is 0.410 e. The Labute approximate surface area is 315 Å². The second-order valence-electron chi connectivity index (χ2n) is 15.6. The number of fused-ring (bicyclic) bond motifs is 3. The van der Waals surface area contributed by atoms with Gasteiger partial charge >= 0.3 is 22.4 Å². The van der Waals surface area contributed by atoms with Crippen molar-refractivity contribution in [2.45, 2.75) is 121 Å². The fourth-order valence-electron chi connectivity index (χ4n) is 7.54. The Morgan fingerprint density at radius 1 is 1.04 bits per heavy atom. The molecule has 5 atom stereocenters. The number of alkyl carbamates (subject to hydrolysis) is 1. The Kier molecular flexibility index (Phi) is 11.3. The van der Waals surface area contributed by atoms with E-state index in [1.54, 1.807) is 32.9 Å². The molecular weight excluding hydrogens is 728 g/mol. The molecule has 0 spiro atoms. The molecule has 0 bridgehead atoms. The number of benzene rings is 1. The predicted molar refractivity (Wildman–Crippen MR) is 193 cm³/mol. The highest BCUT2D eigenvalue weighted by Gasteiger charge is 2.62. The molecule has 0 unspecified atom stereocenters. The van der Waals surface area contributed by atoms with E-state index in [1.807, 2.05) is 18.2 Å². The number of hydrogen-bond donors (Lipinski definition) is 3. The van der Waals surface area contributed by atoms with Crippen molar-refractivity contribution in [1.29, 1.82) is 0 Å². The molecule has 17 heteroatoms. The largest absolute Gasteiger partial charge is 0.444 e. The van der Waals surface area contributed by atoms with Gasteiger partial charge in [0.2, 0.25) is 11.8 Å². The summed E-state index contributed by atoms with van der Waals surface area (Å²) in [5.74, 6) is -2.60. The second kappa shape index (κ2) is 15.5. The number of rotatable bonds is 5. The zero-order valence-electron chi connectivity index (χ0n) is 30.4. The van der Waals surface area contributed by atoms with Crippen molar-refractivity contribution in [3.8, 4) is 0 Å². The van der Waals surface area contributed by atoms with E-state index >= 15 is 0 Å². The van der Waals surface area contributed by atoms with Crippen molar-refractivity contribution in [2.24, 2.45) is 5.92 Å². The fraction of sp³-hybridized carbons (Fsp3) is 0.639. The molecule has 1 aromatic carbocycles. The first-order valence-corrected chi connectivity index (χ1v) is 20.2. The van der Waals surface area contributed by atoms with Crippen LogP contribution in [-0.2, 0) is 47.2 Å². The van der Waals surface area contributed by atoms with E-state index in [2.05, 4.69) is 15.4 Å². The van der Waals surface area contributed by atoms with E-state index in [0.717, 1.165) is 24.0 Å². The zero-order valence-corrected chi connectivity index (χ0v) is 32.0. The van der Waals surface area contributed by atoms with Gasteiger partial charge in [0.15, 0.2) is 0 Å². The van der Waals surface area contributed by atoms with Gasteiger partial charge in [-0.1, -0.05) is 48.7 Å². The summed E-state index contributed by atoms with van der Waals surface area (Å²) >= 11 is 6.36. The van der Waals surface area contributed by atoms with Crippen molar-refractivity contribution in [3.63, 3.8) is 0 Å². The van der Waals surface area contributed by atoms with Gasteiger partial charge in [0.1, 0.15) is 29.3 Å². The number of halogens is 1. The van der Waals surface area contributed by atoms with Gasteiger partial charge in [-0.15, -0.1) is 0 Å². The summed E-state index contributed by atoms with van der Waals surface area (Å²) in [4.78, 5) is 71.6. The third-order valence-electron chi connectivity index (χ3n) is 10.4. The van der Waals surface area contributed by atoms with Crippen LogP contribution >= 0.6 is 11.6 Å². The van der Waals surface area contributed by atoms with E-state index in [9.17, 15) is 32.4 Å². The lowest BCUT2D eigenvalue weighted by atomic mass is 10.0. The monoisotopic (exact) mass is 776 g/mol. The lowest BCUT2D eigenvalue weighted by molar-refractivity contribution is -0.141. The number of nitrogens with zero attached hydrogens (tertiary/aromatic N) is 3. The minimum atomic E-state index is -4.14. The Morgan fingerprint density at radius 3 is 2.51 bits per heavy atom. The Bertz CT molecular complexity index is 1760. The summed E-state index contributed by atoms with van der Waals surface area (Å²) in [5.41, 5.74) is -0.688. The molecule has 290 valence electrons. The first kappa shape index (κ1) is 38.8. The Balaban J connectivity index is 1.25. The lowest BCUT2D eigenvalue weighted by Crippen LogP contribution is -2.59. The molecular formula is C36H49ClN6O9S. The SMILES string of the molecule is CC(C)(C)OC(=O)N[C@H]1CCCCC/C=C\[C@@H]2C[C@@]2(C(=O)NS(=O)(=O)N2CCCC2)NC(=O)[C@@H]2C[C@@H](OC(=O)N3Cc4cccc(Cl)c4C3)CN2C1=O. The van der Waals surface area contributed by atoms with Gasteiger partial charge in [-0.3, -0.25) is 19.3 Å². The topological polar surface area (TPSA) is 184 Å². The van der Waals surface area contributed by atoms with Crippen molar-refractivity contribution < 1.29 is 41.9 Å². The van der Waals surface area contributed by atoms with E-state index < -0.39 is 75.4 Å². The molecule has 53 heavy (non-hydrogen) atoms. The van der Waals surface area contributed by atoms with Crippen LogP contribution < -0.4 is 15.4 Å². The highest BCUT2D eigenvalue weighted by Crippen LogP contribution is 2.46. The summed E-state index contributed by atoms with van der Waals surface area (Å²) in [6, 6.07) is 3.17. The number of nitrogens with one attached hydrogen (secondary N) is 3. The van der Waals surface area contributed by atoms with Gasteiger partial charge in [-0.25, -0.2) is 14.3 Å². The molecule has 6 rings (SSSR count). The summed E-state index contributed by atoms with van der Waals surface area (Å²) in [6.07, 6.45) is 5.88. The molecule has 0 radical (unpaired) electrons. The van der Waals surface area contributed by atoms with Crippen LogP contribution in [0.1, 0.15) is 89.7 Å².